The van der Waals surface area contributed by atoms with Crippen molar-refractivity contribution >= 4 is 11.6 Å². The van der Waals surface area contributed by atoms with Crippen LogP contribution in [-0.2, 0) is 11.2 Å². The van der Waals surface area contributed by atoms with Crippen LogP contribution in [0.15, 0.2) is 24.3 Å². The highest BCUT2D eigenvalue weighted by Crippen LogP contribution is 2.37. The highest BCUT2D eigenvalue weighted by atomic mass is 16.2. The number of para-hydroxylation sites is 1. The van der Waals surface area contributed by atoms with Gasteiger partial charge in [0.05, 0.1) is 0 Å². The number of carbonyl (C=O) groups excluding carboxylic acids is 1. The van der Waals surface area contributed by atoms with E-state index in [2.05, 4.69) is 4.90 Å². The maximum atomic E-state index is 12.2. The van der Waals surface area contributed by atoms with Crippen LogP contribution in [-0.4, -0.2) is 23.4 Å². The van der Waals surface area contributed by atoms with Crippen molar-refractivity contribution in [2.75, 3.05) is 12.3 Å². The number of nitrogen functional groups attached to an aromatic ring is 1. The summed E-state index contributed by atoms with van der Waals surface area (Å²) in [6.07, 6.45) is 5.13. The summed E-state index contributed by atoms with van der Waals surface area (Å²) in [5, 5.41) is 0. The number of hydrogen-bond donors (Lipinski definition) is 1. The molecule has 1 saturated carbocycles. The van der Waals surface area contributed by atoms with Gasteiger partial charge in [-0.1, -0.05) is 18.2 Å². The Morgan fingerprint density at radius 2 is 2.17 bits per heavy atom. The number of likely N-dealkylation sites (tertiary alicyclic amines) is 1. The smallest absolute Gasteiger partial charge is 0.223 e. The zero-order valence-electron chi connectivity index (χ0n) is 10.6. The van der Waals surface area contributed by atoms with Gasteiger partial charge < -0.3 is 10.6 Å². The average Bonchev–Trinajstić information content (AvgIpc) is 2.99. The lowest BCUT2D eigenvalue weighted by molar-refractivity contribution is -0.132. The van der Waals surface area contributed by atoms with E-state index < -0.39 is 0 Å². The summed E-state index contributed by atoms with van der Waals surface area (Å²) in [5.41, 5.74) is 7.79. The lowest BCUT2D eigenvalue weighted by atomic mass is 10.1. The fourth-order valence-corrected chi connectivity index (χ4v) is 3.38. The van der Waals surface area contributed by atoms with E-state index >= 15 is 0 Å². The van der Waals surface area contributed by atoms with E-state index in [1.807, 2.05) is 24.3 Å². The molecule has 0 radical (unpaired) electrons. The molecule has 1 saturated heterocycles. The Labute approximate surface area is 108 Å². The predicted octanol–water partition coefficient (Wildman–Crippen LogP) is 2.21. The Morgan fingerprint density at radius 3 is 2.83 bits per heavy atom. The van der Waals surface area contributed by atoms with Gasteiger partial charge in [0.2, 0.25) is 5.91 Å². The van der Waals surface area contributed by atoms with Crippen LogP contribution >= 0.6 is 0 Å². The summed E-state index contributed by atoms with van der Waals surface area (Å²) >= 11 is 0. The van der Waals surface area contributed by atoms with Crippen LogP contribution in [0.2, 0.25) is 0 Å². The second-order valence-corrected chi connectivity index (χ2v) is 5.58. The van der Waals surface area contributed by atoms with E-state index in [1.54, 1.807) is 0 Å². The van der Waals surface area contributed by atoms with E-state index in [0.717, 1.165) is 30.1 Å². The van der Waals surface area contributed by atoms with E-state index in [0.29, 0.717) is 18.4 Å². The van der Waals surface area contributed by atoms with Crippen molar-refractivity contribution in [2.24, 2.45) is 5.92 Å². The summed E-state index contributed by atoms with van der Waals surface area (Å²) in [7, 11) is 0. The zero-order chi connectivity index (χ0) is 12.5. The first kappa shape index (κ1) is 11.6. The number of anilines is 1. The van der Waals surface area contributed by atoms with Gasteiger partial charge in [0.25, 0.3) is 0 Å². The molecule has 2 aliphatic rings. The lowest BCUT2D eigenvalue weighted by Gasteiger charge is -2.27. The van der Waals surface area contributed by atoms with Crippen LogP contribution in [0.3, 0.4) is 0 Å². The largest absolute Gasteiger partial charge is 0.399 e. The maximum Gasteiger partial charge on any atom is 0.223 e. The molecule has 2 N–H and O–H groups in total. The van der Waals surface area contributed by atoms with Crippen molar-refractivity contribution in [3.8, 4) is 0 Å². The minimum atomic E-state index is 0.311. The van der Waals surface area contributed by atoms with Gasteiger partial charge in [0, 0.05) is 24.7 Å². The molecule has 3 heteroatoms. The molecule has 2 bridgehead atoms. The molecule has 1 amide bonds. The summed E-state index contributed by atoms with van der Waals surface area (Å²) < 4.78 is 0. The van der Waals surface area contributed by atoms with Crippen molar-refractivity contribution in [1.29, 1.82) is 0 Å². The predicted molar refractivity (Wildman–Crippen MR) is 72.0 cm³/mol. The Kier molecular flexibility index (Phi) is 2.98. The molecule has 1 heterocycles. The van der Waals surface area contributed by atoms with Gasteiger partial charge in [-0.25, -0.2) is 0 Å². The van der Waals surface area contributed by atoms with Crippen LogP contribution in [0, 0.1) is 5.92 Å². The molecule has 2 atom stereocenters. The van der Waals surface area contributed by atoms with Gasteiger partial charge in [-0.05, 0) is 43.2 Å². The Morgan fingerprint density at radius 1 is 1.33 bits per heavy atom. The number of aryl methyl sites for hydroxylation is 1. The van der Waals surface area contributed by atoms with Crippen molar-refractivity contribution in [2.45, 2.75) is 38.1 Å². The molecule has 1 aliphatic heterocycles. The summed E-state index contributed by atoms with van der Waals surface area (Å²) in [6, 6.07) is 8.36. The highest BCUT2D eigenvalue weighted by molar-refractivity contribution is 5.77. The highest BCUT2D eigenvalue weighted by Gasteiger charge is 2.39. The standard InChI is InChI=1S/C15H20N2O/c16-14-4-2-1-3-12(14)6-8-15(18)17-10-11-5-7-13(17)9-11/h1-4,11,13H,5-10,16H2. The van der Waals surface area contributed by atoms with Gasteiger partial charge in [-0.3, -0.25) is 4.79 Å². The molecular formula is C15H20N2O. The average molecular weight is 244 g/mol. The van der Waals surface area contributed by atoms with Crippen LogP contribution in [0.5, 0.6) is 0 Å². The number of nitrogens with two attached hydrogens (primary N) is 1. The molecule has 1 aromatic carbocycles. The molecule has 96 valence electrons. The molecule has 3 nitrogen and oxygen atoms in total. The molecular weight excluding hydrogens is 224 g/mol. The van der Waals surface area contributed by atoms with Crippen LogP contribution in [0.1, 0.15) is 31.2 Å². The summed E-state index contributed by atoms with van der Waals surface area (Å²) in [6.45, 7) is 0.994. The van der Waals surface area contributed by atoms with E-state index in [-0.39, 0.29) is 0 Å². The number of piperidine rings is 1. The van der Waals surface area contributed by atoms with Crippen molar-refractivity contribution in [3.63, 3.8) is 0 Å². The van der Waals surface area contributed by atoms with Crippen LogP contribution < -0.4 is 5.73 Å². The first-order valence-corrected chi connectivity index (χ1v) is 6.87. The molecule has 3 rings (SSSR count). The summed E-state index contributed by atoms with van der Waals surface area (Å²) in [5.74, 6) is 1.09. The van der Waals surface area contributed by atoms with Gasteiger partial charge in [-0.15, -0.1) is 0 Å². The monoisotopic (exact) mass is 244 g/mol. The Bertz CT molecular complexity index is 458. The second-order valence-electron chi connectivity index (χ2n) is 5.58. The topological polar surface area (TPSA) is 46.3 Å². The van der Waals surface area contributed by atoms with Crippen LogP contribution in [0.4, 0.5) is 5.69 Å². The third-order valence-corrected chi connectivity index (χ3v) is 4.39. The van der Waals surface area contributed by atoms with E-state index in [4.69, 9.17) is 5.73 Å². The van der Waals surface area contributed by atoms with Crippen molar-refractivity contribution in [1.82, 2.24) is 4.90 Å². The number of fused-ring (bicyclic) bond motifs is 2. The van der Waals surface area contributed by atoms with E-state index in [1.165, 1.54) is 19.3 Å². The van der Waals surface area contributed by atoms with Gasteiger partial charge in [0.1, 0.15) is 0 Å². The maximum absolute atomic E-state index is 12.2. The van der Waals surface area contributed by atoms with Gasteiger partial charge in [-0.2, -0.15) is 0 Å². The fraction of sp³-hybridized carbons (Fsp3) is 0.533. The molecule has 18 heavy (non-hydrogen) atoms. The normalized spacial score (nSPS) is 25.7. The summed E-state index contributed by atoms with van der Waals surface area (Å²) in [4.78, 5) is 14.3. The van der Waals surface area contributed by atoms with Gasteiger partial charge >= 0.3 is 0 Å². The number of amides is 1. The molecule has 1 aromatic rings. The minimum Gasteiger partial charge on any atom is -0.399 e. The number of nitrogens with zero attached hydrogens (tertiary/aromatic N) is 1. The van der Waals surface area contributed by atoms with Crippen LogP contribution in [0.25, 0.3) is 0 Å². The van der Waals surface area contributed by atoms with Crippen molar-refractivity contribution < 1.29 is 4.79 Å². The molecule has 0 spiro atoms. The van der Waals surface area contributed by atoms with E-state index in [9.17, 15) is 4.79 Å². The Balaban J connectivity index is 1.58. The third kappa shape index (κ3) is 2.09. The third-order valence-electron chi connectivity index (χ3n) is 4.39. The first-order chi connectivity index (χ1) is 8.74. The van der Waals surface area contributed by atoms with Gasteiger partial charge in [0.15, 0.2) is 0 Å². The minimum absolute atomic E-state index is 0.311. The number of benzene rings is 1. The fourth-order valence-electron chi connectivity index (χ4n) is 3.38. The number of carbonyl (C=O) groups is 1. The number of hydrogen-bond acceptors (Lipinski definition) is 2. The zero-order valence-corrected chi connectivity index (χ0v) is 10.6. The molecule has 2 fully saturated rings. The quantitative estimate of drug-likeness (QED) is 0.829. The number of rotatable bonds is 3. The second kappa shape index (κ2) is 4.63. The lowest BCUT2D eigenvalue weighted by Crippen LogP contribution is -2.37. The Hall–Kier alpha value is -1.51. The first-order valence-electron chi connectivity index (χ1n) is 6.87. The molecule has 1 aliphatic carbocycles. The van der Waals surface area contributed by atoms with Crippen molar-refractivity contribution in [3.05, 3.63) is 29.8 Å². The SMILES string of the molecule is Nc1ccccc1CCC(=O)N1CC2CCC1C2. The molecule has 0 aromatic heterocycles. The molecule has 2 unspecified atom stereocenters.